The van der Waals surface area contributed by atoms with E-state index < -0.39 is 6.04 Å². The van der Waals surface area contributed by atoms with Gasteiger partial charge in [-0.15, -0.1) is 12.4 Å². The highest BCUT2D eigenvalue weighted by Gasteiger charge is 2.32. The SMILES string of the molecule is COc1ccc(CN2CCC(NC(=O)Cc3ccc(N)cc3)C2=O)cc1.Cl. The number of likely N-dealkylation sites (tertiary alicyclic amines) is 1. The summed E-state index contributed by atoms with van der Waals surface area (Å²) in [5, 5.41) is 2.84. The van der Waals surface area contributed by atoms with Crippen LogP contribution in [-0.4, -0.2) is 36.4 Å². The van der Waals surface area contributed by atoms with Crippen LogP contribution in [0.4, 0.5) is 5.69 Å². The quantitative estimate of drug-likeness (QED) is 0.741. The minimum atomic E-state index is -0.450. The second-order valence-electron chi connectivity index (χ2n) is 6.44. The Morgan fingerprint density at radius 2 is 1.78 bits per heavy atom. The Kier molecular flexibility index (Phi) is 7.07. The highest BCUT2D eigenvalue weighted by Crippen LogP contribution is 2.18. The first-order valence-corrected chi connectivity index (χ1v) is 8.60. The predicted molar refractivity (Wildman–Crippen MR) is 107 cm³/mol. The number of halogens is 1. The predicted octanol–water partition coefficient (Wildman–Crippen LogP) is 2.16. The van der Waals surface area contributed by atoms with E-state index in [4.69, 9.17) is 10.5 Å². The first-order valence-electron chi connectivity index (χ1n) is 8.60. The molecule has 1 fully saturated rings. The number of hydrogen-bond donors (Lipinski definition) is 2. The molecule has 7 heteroatoms. The third kappa shape index (κ3) is 5.37. The van der Waals surface area contributed by atoms with Gasteiger partial charge in [0.1, 0.15) is 11.8 Å². The summed E-state index contributed by atoms with van der Waals surface area (Å²) in [5.41, 5.74) is 8.21. The van der Waals surface area contributed by atoms with Crippen LogP contribution >= 0.6 is 12.4 Å². The number of hydrogen-bond acceptors (Lipinski definition) is 4. The molecule has 27 heavy (non-hydrogen) atoms. The molecule has 2 amide bonds. The van der Waals surface area contributed by atoms with Gasteiger partial charge in [0.05, 0.1) is 13.5 Å². The van der Waals surface area contributed by atoms with Gasteiger partial charge >= 0.3 is 0 Å². The van der Waals surface area contributed by atoms with Gasteiger partial charge < -0.3 is 20.7 Å². The molecule has 1 atom stereocenters. The van der Waals surface area contributed by atoms with E-state index >= 15 is 0 Å². The van der Waals surface area contributed by atoms with Gasteiger partial charge in [0.25, 0.3) is 0 Å². The average Bonchev–Trinajstić information content (AvgIpc) is 2.97. The molecule has 144 valence electrons. The molecule has 1 aliphatic rings. The van der Waals surface area contributed by atoms with Gasteiger partial charge in [0.2, 0.25) is 11.8 Å². The van der Waals surface area contributed by atoms with Crippen LogP contribution in [0.15, 0.2) is 48.5 Å². The molecule has 0 aliphatic carbocycles. The largest absolute Gasteiger partial charge is 0.497 e. The van der Waals surface area contributed by atoms with E-state index in [1.54, 1.807) is 24.1 Å². The van der Waals surface area contributed by atoms with E-state index in [-0.39, 0.29) is 30.6 Å². The average molecular weight is 390 g/mol. The monoisotopic (exact) mass is 389 g/mol. The molecule has 0 bridgehead atoms. The standard InChI is InChI=1S/C20H23N3O3.ClH/c1-26-17-8-4-15(5-9-17)13-23-11-10-18(20(23)25)22-19(24)12-14-2-6-16(21)7-3-14;/h2-9,18H,10-13,21H2,1H3,(H,22,24);1H. The van der Waals surface area contributed by atoms with Crippen molar-refractivity contribution in [1.82, 2.24) is 10.2 Å². The van der Waals surface area contributed by atoms with E-state index in [1.165, 1.54) is 0 Å². The van der Waals surface area contributed by atoms with Crippen LogP contribution in [0.5, 0.6) is 5.75 Å². The maximum atomic E-state index is 12.5. The van der Waals surface area contributed by atoms with Crippen molar-refractivity contribution in [1.29, 1.82) is 0 Å². The van der Waals surface area contributed by atoms with Crippen molar-refractivity contribution in [2.24, 2.45) is 0 Å². The van der Waals surface area contributed by atoms with Crippen LogP contribution in [0.3, 0.4) is 0 Å². The second kappa shape index (κ2) is 9.28. The molecular formula is C20H24ClN3O3. The van der Waals surface area contributed by atoms with Gasteiger partial charge in [-0.1, -0.05) is 24.3 Å². The Bertz CT molecular complexity index is 778. The Morgan fingerprint density at radius 3 is 2.41 bits per heavy atom. The summed E-state index contributed by atoms with van der Waals surface area (Å²) in [4.78, 5) is 26.5. The number of amides is 2. The van der Waals surface area contributed by atoms with Gasteiger partial charge in [0, 0.05) is 18.8 Å². The van der Waals surface area contributed by atoms with Gasteiger partial charge in [-0.05, 0) is 41.8 Å². The molecule has 6 nitrogen and oxygen atoms in total. The van der Waals surface area contributed by atoms with Gasteiger partial charge in [-0.3, -0.25) is 9.59 Å². The molecule has 2 aromatic carbocycles. The summed E-state index contributed by atoms with van der Waals surface area (Å²) in [6.07, 6.45) is 0.866. The number of ether oxygens (including phenoxy) is 1. The molecule has 1 aliphatic heterocycles. The van der Waals surface area contributed by atoms with Crippen molar-refractivity contribution in [3.8, 4) is 5.75 Å². The molecule has 0 saturated carbocycles. The number of benzene rings is 2. The summed E-state index contributed by atoms with van der Waals surface area (Å²) in [6.45, 7) is 1.17. The number of rotatable bonds is 6. The Balaban J connectivity index is 0.00000261. The summed E-state index contributed by atoms with van der Waals surface area (Å²) in [5.74, 6) is 0.597. The van der Waals surface area contributed by atoms with Crippen molar-refractivity contribution in [3.05, 3.63) is 59.7 Å². The molecule has 3 rings (SSSR count). The van der Waals surface area contributed by atoms with E-state index in [0.717, 1.165) is 16.9 Å². The normalized spacial score (nSPS) is 16.0. The molecule has 0 radical (unpaired) electrons. The van der Waals surface area contributed by atoms with Crippen molar-refractivity contribution < 1.29 is 14.3 Å². The van der Waals surface area contributed by atoms with Crippen LogP contribution < -0.4 is 15.8 Å². The number of nitrogens with zero attached hydrogens (tertiary/aromatic N) is 1. The number of anilines is 1. The minimum absolute atomic E-state index is 0. The fourth-order valence-electron chi connectivity index (χ4n) is 3.05. The number of nitrogen functional groups attached to an aromatic ring is 1. The first-order chi connectivity index (χ1) is 12.5. The lowest BCUT2D eigenvalue weighted by atomic mass is 10.1. The second-order valence-corrected chi connectivity index (χ2v) is 6.44. The summed E-state index contributed by atoms with van der Waals surface area (Å²) in [7, 11) is 1.62. The maximum absolute atomic E-state index is 12.5. The third-order valence-corrected chi connectivity index (χ3v) is 4.51. The van der Waals surface area contributed by atoms with Crippen LogP contribution in [0, 0.1) is 0 Å². The molecule has 1 saturated heterocycles. The number of methoxy groups -OCH3 is 1. The molecule has 2 aromatic rings. The molecule has 3 N–H and O–H groups in total. The summed E-state index contributed by atoms with van der Waals surface area (Å²) < 4.78 is 5.14. The maximum Gasteiger partial charge on any atom is 0.245 e. The Hall–Kier alpha value is -2.73. The molecule has 0 spiro atoms. The van der Waals surface area contributed by atoms with Gasteiger partial charge in [-0.25, -0.2) is 0 Å². The number of nitrogens with one attached hydrogen (secondary N) is 1. The Morgan fingerprint density at radius 1 is 1.15 bits per heavy atom. The lowest BCUT2D eigenvalue weighted by Gasteiger charge is -2.17. The third-order valence-electron chi connectivity index (χ3n) is 4.51. The van der Waals surface area contributed by atoms with E-state index in [0.29, 0.717) is 25.2 Å². The molecule has 1 unspecified atom stereocenters. The Labute approximate surface area is 165 Å². The zero-order valence-electron chi connectivity index (χ0n) is 15.2. The summed E-state index contributed by atoms with van der Waals surface area (Å²) >= 11 is 0. The fourth-order valence-corrected chi connectivity index (χ4v) is 3.05. The highest BCUT2D eigenvalue weighted by atomic mass is 35.5. The first kappa shape index (κ1) is 20.6. The number of carbonyl (C=O) groups excluding carboxylic acids is 2. The zero-order valence-corrected chi connectivity index (χ0v) is 16.0. The van der Waals surface area contributed by atoms with Crippen molar-refractivity contribution in [2.75, 3.05) is 19.4 Å². The minimum Gasteiger partial charge on any atom is -0.497 e. The zero-order chi connectivity index (χ0) is 18.5. The lowest BCUT2D eigenvalue weighted by Crippen LogP contribution is -2.41. The number of carbonyl (C=O) groups is 2. The van der Waals surface area contributed by atoms with E-state index in [1.807, 2.05) is 36.4 Å². The van der Waals surface area contributed by atoms with Gasteiger partial charge in [-0.2, -0.15) is 0 Å². The summed E-state index contributed by atoms with van der Waals surface area (Å²) in [6, 6.07) is 14.4. The molecule has 0 aromatic heterocycles. The molecular weight excluding hydrogens is 366 g/mol. The fraction of sp³-hybridized carbons (Fsp3) is 0.300. The van der Waals surface area contributed by atoms with Gasteiger partial charge in [0.15, 0.2) is 0 Å². The lowest BCUT2D eigenvalue weighted by molar-refractivity contribution is -0.132. The topological polar surface area (TPSA) is 84.7 Å². The van der Waals surface area contributed by atoms with Crippen LogP contribution in [-0.2, 0) is 22.6 Å². The van der Waals surface area contributed by atoms with E-state index in [9.17, 15) is 9.59 Å². The van der Waals surface area contributed by atoms with Crippen LogP contribution in [0.2, 0.25) is 0 Å². The van der Waals surface area contributed by atoms with Crippen LogP contribution in [0.25, 0.3) is 0 Å². The highest BCUT2D eigenvalue weighted by molar-refractivity contribution is 5.89. The number of nitrogens with two attached hydrogens (primary N) is 1. The van der Waals surface area contributed by atoms with Crippen LogP contribution in [0.1, 0.15) is 17.5 Å². The smallest absolute Gasteiger partial charge is 0.245 e. The van der Waals surface area contributed by atoms with Crippen molar-refractivity contribution in [3.63, 3.8) is 0 Å². The van der Waals surface area contributed by atoms with Crippen molar-refractivity contribution in [2.45, 2.75) is 25.4 Å². The van der Waals surface area contributed by atoms with Crippen molar-refractivity contribution >= 4 is 29.9 Å². The molecule has 1 heterocycles. The van der Waals surface area contributed by atoms with E-state index in [2.05, 4.69) is 5.32 Å².